The molecule has 0 aromatic heterocycles. The van der Waals surface area contributed by atoms with E-state index < -0.39 is 0 Å². The zero-order valence-corrected chi connectivity index (χ0v) is 12.5. The van der Waals surface area contributed by atoms with Gasteiger partial charge < -0.3 is 9.64 Å². The topological polar surface area (TPSA) is 29.5 Å². The van der Waals surface area contributed by atoms with E-state index in [-0.39, 0.29) is 5.78 Å². The fraction of sp³-hybridized carbons (Fsp3) is 0.389. The summed E-state index contributed by atoms with van der Waals surface area (Å²) < 4.78 is 5.38. The van der Waals surface area contributed by atoms with Gasteiger partial charge in [-0.15, -0.1) is 0 Å². The number of hydrogen-bond donors (Lipinski definition) is 0. The molecule has 0 saturated carbocycles. The molecule has 21 heavy (non-hydrogen) atoms. The molecule has 0 N–H and O–H groups in total. The minimum Gasteiger partial charge on any atom is -0.496 e. The quantitative estimate of drug-likeness (QED) is 0.786. The van der Waals surface area contributed by atoms with Crippen molar-refractivity contribution in [2.75, 3.05) is 26.7 Å². The number of fused-ring (bicyclic) bond motifs is 1. The van der Waals surface area contributed by atoms with Gasteiger partial charge in [-0.1, -0.05) is 24.3 Å². The monoisotopic (exact) mass is 283 g/mol. The molecule has 3 rings (SSSR count). The molecular weight excluding hydrogens is 262 g/mol. The largest absolute Gasteiger partial charge is 0.496 e. The molecular formula is C18H21NO2. The molecule has 0 bridgehead atoms. The van der Waals surface area contributed by atoms with Crippen molar-refractivity contribution in [1.29, 1.82) is 0 Å². The van der Waals surface area contributed by atoms with Crippen molar-refractivity contribution in [3.05, 3.63) is 42.0 Å². The van der Waals surface area contributed by atoms with Crippen LogP contribution in [0, 0.1) is 0 Å². The Labute approximate surface area is 125 Å². The van der Waals surface area contributed by atoms with Crippen molar-refractivity contribution in [2.24, 2.45) is 0 Å². The molecule has 1 aliphatic heterocycles. The summed E-state index contributed by atoms with van der Waals surface area (Å²) in [6, 6.07) is 11.7. The Hall–Kier alpha value is -1.87. The van der Waals surface area contributed by atoms with Crippen LogP contribution in [0.1, 0.15) is 29.6 Å². The van der Waals surface area contributed by atoms with E-state index in [1.807, 2.05) is 36.4 Å². The first-order valence-corrected chi connectivity index (χ1v) is 7.61. The van der Waals surface area contributed by atoms with Gasteiger partial charge >= 0.3 is 0 Å². The van der Waals surface area contributed by atoms with Crippen LogP contribution < -0.4 is 4.74 Å². The predicted molar refractivity (Wildman–Crippen MR) is 85.1 cm³/mol. The number of ketones is 1. The Morgan fingerprint density at radius 3 is 2.52 bits per heavy atom. The summed E-state index contributed by atoms with van der Waals surface area (Å²) in [5.41, 5.74) is 0.811. The first kappa shape index (κ1) is 14.1. The molecule has 0 radical (unpaired) electrons. The van der Waals surface area contributed by atoms with Gasteiger partial charge in [0.15, 0.2) is 5.78 Å². The van der Waals surface area contributed by atoms with E-state index >= 15 is 0 Å². The van der Waals surface area contributed by atoms with Crippen LogP contribution in [0.3, 0.4) is 0 Å². The van der Waals surface area contributed by atoms with Gasteiger partial charge in [-0.3, -0.25) is 4.79 Å². The summed E-state index contributed by atoms with van der Waals surface area (Å²) in [6.07, 6.45) is 3.12. The number of carbonyl (C=O) groups is 1. The lowest BCUT2D eigenvalue weighted by molar-refractivity contribution is 0.0970. The number of Topliss-reactive ketones (excluding diaryl/α,β-unsaturated/α-hetero) is 1. The number of methoxy groups -OCH3 is 1. The number of ether oxygens (including phenoxy) is 1. The summed E-state index contributed by atoms with van der Waals surface area (Å²) in [5, 5.41) is 2.00. The highest BCUT2D eigenvalue weighted by Gasteiger charge is 2.16. The van der Waals surface area contributed by atoms with Crippen LogP contribution in [0.15, 0.2) is 36.4 Å². The SMILES string of the molecule is COc1ccc(C(=O)CCN2CCCC2)c2ccccc12. The Morgan fingerprint density at radius 2 is 1.81 bits per heavy atom. The third-order valence-corrected chi connectivity index (χ3v) is 4.26. The van der Waals surface area contributed by atoms with Crippen LogP contribution in [0.25, 0.3) is 10.8 Å². The fourth-order valence-electron chi connectivity index (χ4n) is 3.09. The number of nitrogens with zero attached hydrogens (tertiary/aromatic N) is 1. The van der Waals surface area contributed by atoms with Crippen molar-refractivity contribution in [3.63, 3.8) is 0 Å². The molecule has 2 aromatic carbocycles. The minimum absolute atomic E-state index is 0.223. The van der Waals surface area contributed by atoms with Gasteiger partial charge in [0.1, 0.15) is 5.75 Å². The predicted octanol–water partition coefficient (Wildman–Crippen LogP) is 3.52. The van der Waals surface area contributed by atoms with Gasteiger partial charge in [0.25, 0.3) is 0 Å². The highest BCUT2D eigenvalue weighted by atomic mass is 16.5. The lowest BCUT2D eigenvalue weighted by atomic mass is 9.99. The van der Waals surface area contributed by atoms with E-state index in [1.54, 1.807) is 7.11 Å². The molecule has 3 heteroatoms. The number of rotatable bonds is 5. The maximum Gasteiger partial charge on any atom is 0.164 e. The van der Waals surface area contributed by atoms with Crippen molar-refractivity contribution in [1.82, 2.24) is 4.90 Å². The average molecular weight is 283 g/mol. The van der Waals surface area contributed by atoms with E-state index in [4.69, 9.17) is 4.74 Å². The Kier molecular flexibility index (Phi) is 4.20. The second kappa shape index (κ2) is 6.27. The lowest BCUT2D eigenvalue weighted by Crippen LogP contribution is -2.22. The number of hydrogen-bond acceptors (Lipinski definition) is 3. The highest BCUT2D eigenvalue weighted by molar-refractivity contribution is 6.09. The van der Waals surface area contributed by atoms with Crippen molar-refractivity contribution in [3.8, 4) is 5.75 Å². The van der Waals surface area contributed by atoms with Crippen molar-refractivity contribution < 1.29 is 9.53 Å². The van der Waals surface area contributed by atoms with E-state index in [1.165, 1.54) is 12.8 Å². The third kappa shape index (κ3) is 2.93. The second-order valence-corrected chi connectivity index (χ2v) is 5.58. The third-order valence-electron chi connectivity index (χ3n) is 4.26. The van der Waals surface area contributed by atoms with Crippen LogP contribution in [0.5, 0.6) is 5.75 Å². The molecule has 2 aromatic rings. The molecule has 1 fully saturated rings. The molecule has 0 unspecified atom stereocenters. The molecule has 3 nitrogen and oxygen atoms in total. The fourth-order valence-corrected chi connectivity index (χ4v) is 3.09. The summed E-state index contributed by atoms with van der Waals surface area (Å²) in [6.45, 7) is 3.15. The van der Waals surface area contributed by atoms with Crippen molar-refractivity contribution >= 4 is 16.6 Å². The van der Waals surface area contributed by atoms with Gasteiger partial charge in [0.2, 0.25) is 0 Å². The molecule has 0 amide bonds. The summed E-state index contributed by atoms with van der Waals surface area (Å²) >= 11 is 0. The van der Waals surface area contributed by atoms with Crippen LogP contribution in [0.4, 0.5) is 0 Å². The second-order valence-electron chi connectivity index (χ2n) is 5.58. The first-order chi connectivity index (χ1) is 10.3. The maximum absolute atomic E-state index is 12.5. The zero-order chi connectivity index (χ0) is 14.7. The summed E-state index contributed by atoms with van der Waals surface area (Å²) in [7, 11) is 1.66. The lowest BCUT2D eigenvalue weighted by Gasteiger charge is -2.14. The number of benzene rings is 2. The minimum atomic E-state index is 0.223. The van der Waals surface area contributed by atoms with Gasteiger partial charge in [-0.2, -0.15) is 0 Å². The standard InChI is InChI=1S/C18H21NO2/c1-21-18-9-8-15(14-6-2-3-7-16(14)18)17(20)10-13-19-11-4-5-12-19/h2-3,6-9H,4-5,10-13H2,1H3. The maximum atomic E-state index is 12.5. The average Bonchev–Trinajstić information content (AvgIpc) is 3.05. The Balaban J connectivity index is 1.84. The van der Waals surface area contributed by atoms with Crippen LogP contribution in [0.2, 0.25) is 0 Å². The van der Waals surface area contributed by atoms with E-state index in [2.05, 4.69) is 4.90 Å². The van der Waals surface area contributed by atoms with Crippen LogP contribution in [-0.2, 0) is 0 Å². The molecule has 1 heterocycles. The van der Waals surface area contributed by atoms with E-state index in [0.29, 0.717) is 6.42 Å². The molecule has 0 aliphatic carbocycles. The van der Waals surface area contributed by atoms with Gasteiger partial charge in [0.05, 0.1) is 7.11 Å². The Bertz CT molecular complexity index is 645. The van der Waals surface area contributed by atoms with Gasteiger partial charge in [-0.05, 0) is 43.5 Å². The summed E-state index contributed by atoms with van der Waals surface area (Å²) in [4.78, 5) is 14.9. The summed E-state index contributed by atoms with van der Waals surface area (Å²) in [5.74, 6) is 1.04. The number of carbonyl (C=O) groups excluding carboxylic acids is 1. The van der Waals surface area contributed by atoms with E-state index in [9.17, 15) is 4.79 Å². The first-order valence-electron chi connectivity index (χ1n) is 7.61. The van der Waals surface area contributed by atoms with Gasteiger partial charge in [-0.25, -0.2) is 0 Å². The Morgan fingerprint density at radius 1 is 1.10 bits per heavy atom. The molecule has 0 spiro atoms. The van der Waals surface area contributed by atoms with Crippen molar-refractivity contribution in [2.45, 2.75) is 19.3 Å². The van der Waals surface area contributed by atoms with Crippen LogP contribution in [-0.4, -0.2) is 37.4 Å². The number of likely N-dealkylation sites (tertiary alicyclic amines) is 1. The normalized spacial score (nSPS) is 15.5. The zero-order valence-electron chi connectivity index (χ0n) is 12.5. The molecule has 0 atom stereocenters. The molecule has 110 valence electrons. The van der Waals surface area contributed by atoms with Gasteiger partial charge in [0, 0.05) is 23.9 Å². The van der Waals surface area contributed by atoms with Crippen LogP contribution >= 0.6 is 0 Å². The van der Waals surface area contributed by atoms with E-state index in [0.717, 1.165) is 41.7 Å². The highest BCUT2D eigenvalue weighted by Crippen LogP contribution is 2.29. The molecule has 1 saturated heterocycles. The smallest absolute Gasteiger partial charge is 0.164 e. The molecule has 1 aliphatic rings.